The Kier molecular flexibility index (Phi) is 2.75. The normalized spacial score (nSPS) is 55.9. The van der Waals surface area contributed by atoms with Gasteiger partial charge in [0.05, 0.1) is 0 Å². The van der Waals surface area contributed by atoms with Crippen LogP contribution in [0.25, 0.3) is 0 Å². The zero-order chi connectivity index (χ0) is 20.0. The monoisotopic (exact) mass is 386 g/mol. The van der Waals surface area contributed by atoms with Gasteiger partial charge in [-0.15, -0.1) is 0 Å². The molecule has 6 aliphatic rings. The van der Waals surface area contributed by atoms with E-state index in [0.717, 1.165) is 18.3 Å². The fourth-order valence-electron chi connectivity index (χ4n) is 11.3. The summed E-state index contributed by atoms with van der Waals surface area (Å²) in [6.45, 7) is 10.4. The summed E-state index contributed by atoms with van der Waals surface area (Å²) in [5, 5.41) is 0. The highest BCUT2D eigenvalue weighted by atomic mass is 16.1. The standard InChI is InChI=1S/C28H34O/c1-24-12-7-8-18-14-17-11-13-28-20-10-6-5-9-19(20)23(22(29)16-24)26(28,3)27(24,4)25(18,2)15-21(17)28/h5-6,8-10,17,21,23H,7,11-16H2,1-4H3/t17?,21-,23?,24+,25+,26+,27+,28-/m1/s1. The van der Waals surface area contributed by atoms with E-state index in [1.165, 1.54) is 44.1 Å². The lowest BCUT2D eigenvalue weighted by molar-refractivity contribution is -0.246. The molecule has 0 heterocycles. The van der Waals surface area contributed by atoms with Crippen molar-refractivity contribution in [2.75, 3.05) is 0 Å². The summed E-state index contributed by atoms with van der Waals surface area (Å²) in [5.74, 6) is 2.23. The first-order valence-corrected chi connectivity index (χ1v) is 12.1. The Balaban J connectivity index is 1.67. The molecule has 6 aliphatic carbocycles. The Morgan fingerprint density at radius 2 is 1.83 bits per heavy atom. The van der Waals surface area contributed by atoms with Gasteiger partial charge in [-0.1, -0.05) is 63.6 Å². The minimum Gasteiger partial charge on any atom is -0.299 e. The molecule has 1 nitrogen and oxygen atoms in total. The molecule has 2 bridgehead atoms. The number of ketones is 1. The minimum absolute atomic E-state index is 0.0318. The van der Waals surface area contributed by atoms with Crippen LogP contribution in [0, 0.1) is 33.5 Å². The van der Waals surface area contributed by atoms with Crippen molar-refractivity contribution in [3.8, 4) is 0 Å². The summed E-state index contributed by atoms with van der Waals surface area (Å²) >= 11 is 0. The molecule has 29 heavy (non-hydrogen) atoms. The van der Waals surface area contributed by atoms with Crippen LogP contribution in [0.15, 0.2) is 35.9 Å². The molecule has 1 aromatic rings. The quantitative estimate of drug-likeness (QED) is 0.461. The summed E-state index contributed by atoms with van der Waals surface area (Å²) in [6, 6.07) is 9.20. The Morgan fingerprint density at radius 1 is 1.03 bits per heavy atom. The number of benzene rings is 1. The van der Waals surface area contributed by atoms with E-state index in [1.54, 1.807) is 11.1 Å². The lowest BCUT2D eigenvalue weighted by atomic mass is 9.26. The maximum atomic E-state index is 14.0. The SMILES string of the molecule is C[C@]12CCC=C3CC4CC[C@]56c7ccccc7C(C(=O)C1)[C@@]5(C)[C@]2(C)[C@@]3(C)C[C@H]46. The lowest BCUT2D eigenvalue weighted by Crippen LogP contribution is -2.74. The van der Waals surface area contributed by atoms with Crippen LogP contribution in [0.5, 0.6) is 0 Å². The first-order chi connectivity index (χ1) is 13.7. The first-order valence-electron chi connectivity index (χ1n) is 12.1. The fraction of sp³-hybridized carbons (Fsp3) is 0.679. The Bertz CT molecular complexity index is 1020. The molecule has 0 aromatic heterocycles. The van der Waals surface area contributed by atoms with Gasteiger partial charge < -0.3 is 0 Å². The average Bonchev–Trinajstić information content (AvgIpc) is 3.13. The molecule has 152 valence electrons. The van der Waals surface area contributed by atoms with Crippen LogP contribution in [0.2, 0.25) is 0 Å². The van der Waals surface area contributed by atoms with Crippen molar-refractivity contribution >= 4 is 5.78 Å². The fourth-order valence-corrected chi connectivity index (χ4v) is 11.3. The minimum atomic E-state index is 0.0318. The van der Waals surface area contributed by atoms with E-state index in [-0.39, 0.29) is 33.0 Å². The van der Waals surface area contributed by atoms with E-state index < -0.39 is 0 Å². The molecule has 0 aliphatic heterocycles. The van der Waals surface area contributed by atoms with Crippen LogP contribution < -0.4 is 0 Å². The van der Waals surface area contributed by atoms with Gasteiger partial charge in [-0.05, 0) is 83.1 Å². The van der Waals surface area contributed by atoms with Crippen molar-refractivity contribution in [3.63, 3.8) is 0 Å². The summed E-state index contributed by atoms with van der Waals surface area (Å²) < 4.78 is 0. The lowest BCUT2D eigenvalue weighted by Gasteiger charge is -2.77. The van der Waals surface area contributed by atoms with Gasteiger partial charge in [0, 0.05) is 17.8 Å². The van der Waals surface area contributed by atoms with Gasteiger partial charge in [0.1, 0.15) is 5.78 Å². The number of fused-ring (bicyclic) bond motifs is 2. The third-order valence-corrected chi connectivity index (χ3v) is 12.5. The zero-order valence-corrected chi connectivity index (χ0v) is 18.5. The van der Waals surface area contributed by atoms with Gasteiger partial charge in [-0.25, -0.2) is 0 Å². The maximum Gasteiger partial charge on any atom is 0.141 e. The number of rotatable bonds is 0. The zero-order valence-electron chi connectivity index (χ0n) is 18.5. The van der Waals surface area contributed by atoms with Crippen LogP contribution in [0.4, 0.5) is 0 Å². The van der Waals surface area contributed by atoms with E-state index in [2.05, 4.69) is 58.0 Å². The Labute approximate surface area is 175 Å². The summed E-state index contributed by atoms with van der Waals surface area (Å²) in [6.07, 6.45) is 11.1. The predicted octanol–water partition coefficient (Wildman–Crippen LogP) is 6.57. The Morgan fingerprint density at radius 3 is 2.66 bits per heavy atom. The highest BCUT2D eigenvalue weighted by molar-refractivity contribution is 5.91. The molecule has 4 saturated carbocycles. The first kappa shape index (κ1) is 17.3. The highest BCUT2D eigenvalue weighted by Gasteiger charge is 2.84. The maximum absolute atomic E-state index is 14.0. The van der Waals surface area contributed by atoms with Gasteiger partial charge in [-0.3, -0.25) is 4.79 Å². The molecular weight excluding hydrogens is 352 g/mol. The van der Waals surface area contributed by atoms with Crippen LogP contribution in [-0.4, -0.2) is 5.78 Å². The van der Waals surface area contributed by atoms with Crippen molar-refractivity contribution in [1.82, 2.24) is 0 Å². The molecule has 4 fully saturated rings. The van der Waals surface area contributed by atoms with E-state index in [0.29, 0.717) is 5.78 Å². The third kappa shape index (κ3) is 1.37. The molecule has 8 atom stereocenters. The van der Waals surface area contributed by atoms with Crippen LogP contribution >= 0.6 is 0 Å². The molecule has 7 rings (SSSR count). The summed E-state index contributed by atoms with van der Waals surface area (Å²) in [5.41, 5.74) is 5.49. The molecule has 0 N–H and O–H groups in total. The topological polar surface area (TPSA) is 17.1 Å². The molecular formula is C28H34O. The van der Waals surface area contributed by atoms with Crippen molar-refractivity contribution in [1.29, 1.82) is 0 Å². The number of carbonyl (C=O) groups excluding carboxylic acids is 1. The summed E-state index contributed by atoms with van der Waals surface area (Å²) in [7, 11) is 0. The number of Topliss-reactive ketones (excluding diaryl/α,β-unsaturated/α-hetero) is 1. The molecule has 0 amide bonds. The van der Waals surface area contributed by atoms with Crippen LogP contribution in [0.1, 0.15) is 89.7 Å². The molecule has 1 heteroatoms. The van der Waals surface area contributed by atoms with Crippen LogP contribution in [-0.2, 0) is 10.2 Å². The van der Waals surface area contributed by atoms with Gasteiger partial charge in [-0.2, -0.15) is 0 Å². The Hall–Kier alpha value is -1.37. The van der Waals surface area contributed by atoms with E-state index >= 15 is 0 Å². The molecule has 0 radical (unpaired) electrons. The second-order valence-corrected chi connectivity index (χ2v) is 12.4. The van der Waals surface area contributed by atoms with Crippen molar-refractivity contribution < 1.29 is 4.79 Å². The number of hydrogen-bond donors (Lipinski definition) is 0. The highest BCUT2D eigenvalue weighted by Crippen LogP contribution is 2.89. The second kappa shape index (κ2) is 4.61. The van der Waals surface area contributed by atoms with Gasteiger partial charge in [0.15, 0.2) is 0 Å². The van der Waals surface area contributed by atoms with Gasteiger partial charge >= 0.3 is 0 Å². The summed E-state index contributed by atoms with van der Waals surface area (Å²) in [4.78, 5) is 14.0. The van der Waals surface area contributed by atoms with E-state index in [4.69, 9.17) is 0 Å². The van der Waals surface area contributed by atoms with Crippen molar-refractivity contribution in [2.45, 2.75) is 84.0 Å². The van der Waals surface area contributed by atoms with E-state index in [1.807, 2.05) is 0 Å². The smallest absolute Gasteiger partial charge is 0.141 e. The largest absolute Gasteiger partial charge is 0.299 e. The van der Waals surface area contributed by atoms with Gasteiger partial charge in [0.25, 0.3) is 0 Å². The molecule has 1 spiro atoms. The van der Waals surface area contributed by atoms with Crippen molar-refractivity contribution in [2.24, 2.45) is 33.5 Å². The number of hydrogen-bond acceptors (Lipinski definition) is 1. The molecule has 0 saturated heterocycles. The van der Waals surface area contributed by atoms with Crippen LogP contribution in [0.3, 0.4) is 0 Å². The number of carbonyl (C=O) groups is 1. The van der Waals surface area contributed by atoms with E-state index in [9.17, 15) is 4.79 Å². The molecule has 1 aromatic carbocycles. The molecule has 2 unspecified atom stereocenters. The number of allylic oxidation sites excluding steroid dienone is 2. The second-order valence-electron chi connectivity index (χ2n) is 12.4. The average molecular weight is 387 g/mol. The predicted molar refractivity (Wildman–Crippen MR) is 116 cm³/mol. The van der Waals surface area contributed by atoms with Gasteiger partial charge in [0.2, 0.25) is 0 Å². The third-order valence-electron chi connectivity index (χ3n) is 12.5. The van der Waals surface area contributed by atoms with Crippen molar-refractivity contribution in [3.05, 3.63) is 47.0 Å².